The molecule has 1 amide bonds. The molecule has 33 heavy (non-hydrogen) atoms. The molecular weight excluding hydrogens is 436 g/mol. The molecule has 11 nitrogen and oxygen atoms in total. The van der Waals surface area contributed by atoms with E-state index in [2.05, 4.69) is 10.3 Å². The molecule has 1 aliphatic heterocycles. The number of hydrogen-bond donors (Lipinski definition) is 1. The summed E-state index contributed by atoms with van der Waals surface area (Å²) in [6.07, 6.45) is 3.41. The van der Waals surface area contributed by atoms with Crippen molar-refractivity contribution in [1.82, 2.24) is 10.3 Å². The maximum absolute atomic E-state index is 13.0. The number of ether oxygens (including phenoxy) is 6. The van der Waals surface area contributed by atoms with Crippen LogP contribution in [0.1, 0.15) is 50.0 Å². The van der Waals surface area contributed by atoms with Crippen LogP contribution in [-0.4, -0.2) is 75.3 Å². The molecule has 3 atom stereocenters. The highest BCUT2D eigenvalue weighted by Crippen LogP contribution is 2.30. The second-order valence-electron chi connectivity index (χ2n) is 7.33. The van der Waals surface area contributed by atoms with Crippen molar-refractivity contribution in [2.75, 3.05) is 34.2 Å². The molecule has 0 radical (unpaired) electrons. The predicted molar refractivity (Wildman–Crippen MR) is 115 cm³/mol. The van der Waals surface area contributed by atoms with Crippen molar-refractivity contribution < 1.29 is 42.8 Å². The first-order valence-corrected chi connectivity index (χ1v) is 10.8. The Hall–Kier alpha value is -2.92. The van der Waals surface area contributed by atoms with Gasteiger partial charge in [-0.05, 0) is 26.7 Å². The lowest BCUT2D eigenvalue weighted by molar-refractivity contribution is -0.157. The molecule has 0 aliphatic carbocycles. The van der Waals surface area contributed by atoms with E-state index in [0.29, 0.717) is 19.4 Å². The van der Waals surface area contributed by atoms with Gasteiger partial charge < -0.3 is 33.7 Å². The number of hydrogen-bond acceptors (Lipinski definition) is 10. The topological polar surface area (TPSA) is 132 Å². The van der Waals surface area contributed by atoms with Crippen LogP contribution < -0.4 is 14.8 Å². The zero-order chi connectivity index (χ0) is 24.2. The van der Waals surface area contributed by atoms with Crippen LogP contribution in [-0.2, 0) is 28.5 Å². The molecule has 1 N–H and O–H groups in total. The largest absolute Gasteiger partial charge is 0.493 e. The van der Waals surface area contributed by atoms with Gasteiger partial charge in [-0.25, -0.2) is 14.6 Å². The smallest absolute Gasteiger partial charge is 0.334 e. The second kappa shape index (κ2) is 13.6. The van der Waals surface area contributed by atoms with Crippen molar-refractivity contribution in [3.05, 3.63) is 18.0 Å². The Balaban J connectivity index is 2.11. The fraction of sp³-hybridized carbons (Fsp3) is 0.636. The van der Waals surface area contributed by atoms with Gasteiger partial charge in [-0.2, -0.15) is 0 Å². The van der Waals surface area contributed by atoms with E-state index in [0.717, 1.165) is 12.8 Å². The molecule has 0 aromatic carbocycles. The van der Waals surface area contributed by atoms with E-state index in [1.54, 1.807) is 21.0 Å². The molecule has 1 aromatic rings. The molecule has 0 spiro atoms. The fourth-order valence-corrected chi connectivity index (χ4v) is 3.33. The average Bonchev–Trinajstić information content (AvgIpc) is 2.87. The first-order chi connectivity index (χ1) is 15.9. The summed E-state index contributed by atoms with van der Waals surface area (Å²) in [5, 5.41) is 2.67. The number of cyclic esters (lactones) is 1. The Labute approximate surface area is 193 Å². The van der Waals surface area contributed by atoms with Crippen molar-refractivity contribution in [2.24, 2.45) is 0 Å². The molecule has 2 rings (SSSR count). The second-order valence-corrected chi connectivity index (χ2v) is 7.33. The van der Waals surface area contributed by atoms with Crippen molar-refractivity contribution in [1.29, 1.82) is 0 Å². The lowest BCUT2D eigenvalue weighted by Gasteiger charge is -2.23. The fourth-order valence-electron chi connectivity index (χ4n) is 3.33. The summed E-state index contributed by atoms with van der Waals surface area (Å²) in [6, 6.07) is 0.634. The Bertz CT molecular complexity index is 802. The molecule has 11 heteroatoms. The highest BCUT2D eigenvalue weighted by atomic mass is 16.7. The number of nitrogens with one attached hydrogen (secondary N) is 1. The molecule has 1 aromatic heterocycles. The van der Waals surface area contributed by atoms with Crippen LogP contribution in [0.4, 0.5) is 0 Å². The standard InChI is InChI=1S/C22H32N2O9/c1-5-30-12-18(25)31-13-32-20-17(29-4)10-11-23-19(20)21(26)24-15-8-6-7-9-16(28-3)14(2)33-22(15)27/h10-11,14-16H,5-9,12-13H2,1-4H3,(H,24,26)/t14-,15-,16+/m0/s1. The van der Waals surface area contributed by atoms with Crippen LogP contribution in [0.5, 0.6) is 11.5 Å². The number of rotatable bonds is 10. The molecule has 0 unspecified atom stereocenters. The highest BCUT2D eigenvalue weighted by molar-refractivity contribution is 5.98. The Morgan fingerprint density at radius 3 is 2.70 bits per heavy atom. The van der Waals surface area contributed by atoms with Gasteiger partial charge in [0, 0.05) is 26.0 Å². The summed E-state index contributed by atoms with van der Waals surface area (Å²) < 4.78 is 31.5. The summed E-state index contributed by atoms with van der Waals surface area (Å²) in [5.74, 6) is -1.63. The van der Waals surface area contributed by atoms with Gasteiger partial charge in [0.1, 0.15) is 18.8 Å². The Kier molecular flexibility index (Phi) is 10.8. The van der Waals surface area contributed by atoms with E-state index in [1.165, 1.54) is 19.4 Å². The lowest BCUT2D eigenvalue weighted by Crippen LogP contribution is -2.44. The maximum atomic E-state index is 13.0. The van der Waals surface area contributed by atoms with E-state index >= 15 is 0 Å². The number of nitrogens with zero attached hydrogens (tertiary/aromatic N) is 1. The summed E-state index contributed by atoms with van der Waals surface area (Å²) in [4.78, 5) is 41.3. The van der Waals surface area contributed by atoms with Crippen molar-refractivity contribution in [3.63, 3.8) is 0 Å². The van der Waals surface area contributed by atoms with E-state index < -0.39 is 36.8 Å². The van der Waals surface area contributed by atoms with E-state index in [-0.39, 0.29) is 29.9 Å². The van der Waals surface area contributed by atoms with Crippen LogP contribution in [0.25, 0.3) is 0 Å². The minimum Gasteiger partial charge on any atom is -0.493 e. The number of pyridine rings is 1. The van der Waals surface area contributed by atoms with Gasteiger partial charge in [0.25, 0.3) is 5.91 Å². The number of aromatic nitrogens is 1. The van der Waals surface area contributed by atoms with Gasteiger partial charge in [-0.3, -0.25) is 4.79 Å². The van der Waals surface area contributed by atoms with Gasteiger partial charge in [0.2, 0.25) is 6.79 Å². The van der Waals surface area contributed by atoms with Crippen LogP contribution >= 0.6 is 0 Å². The van der Waals surface area contributed by atoms with Crippen LogP contribution in [0, 0.1) is 0 Å². The lowest BCUT2D eigenvalue weighted by atomic mass is 10.1. The predicted octanol–water partition coefficient (Wildman–Crippen LogP) is 1.63. The van der Waals surface area contributed by atoms with Crippen molar-refractivity contribution in [3.8, 4) is 11.5 Å². The molecule has 1 fully saturated rings. The quantitative estimate of drug-likeness (QED) is 0.399. The van der Waals surface area contributed by atoms with Crippen LogP contribution in [0.2, 0.25) is 0 Å². The van der Waals surface area contributed by atoms with Crippen molar-refractivity contribution >= 4 is 17.8 Å². The number of methoxy groups -OCH3 is 2. The maximum Gasteiger partial charge on any atom is 0.334 e. The summed E-state index contributed by atoms with van der Waals surface area (Å²) in [6.45, 7) is 3.18. The van der Waals surface area contributed by atoms with E-state index in [1.807, 2.05) is 0 Å². The van der Waals surface area contributed by atoms with Gasteiger partial charge in [0.05, 0.1) is 13.2 Å². The van der Waals surface area contributed by atoms with E-state index in [4.69, 9.17) is 28.4 Å². The normalized spacial score (nSPS) is 21.1. The zero-order valence-corrected chi connectivity index (χ0v) is 19.5. The van der Waals surface area contributed by atoms with Crippen molar-refractivity contribution in [2.45, 2.75) is 57.8 Å². The third-order valence-corrected chi connectivity index (χ3v) is 5.10. The number of esters is 2. The SMILES string of the molecule is CCOCC(=O)OCOc1c(OC)ccnc1C(=O)N[C@H]1CCCC[C@@H](OC)[C@H](C)OC1=O. The summed E-state index contributed by atoms with van der Waals surface area (Å²) in [5.41, 5.74) is -0.120. The zero-order valence-electron chi connectivity index (χ0n) is 19.5. The van der Waals surface area contributed by atoms with E-state index in [9.17, 15) is 14.4 Å². The molecule has 1 saturated heterocycles. The summed E-state index contributed by atoms with van der Waals surface area (Å²) in [7, 11) is 2.98. The monoisotopic (exact) mass is 468 g/mol. The Morgan fingerprint density at radius 2 is 2.00 bits per heavy atom. The van der Waals surface area contributed by atoms with Gasteiger partial charge in [0.15, 0.2) is 17.2 Å². The Morgan fingerprint density at radius 1 is 1.24 bits per heavy atom. The first kappa shape index (κ1) is 26.3. The first-order valence-electron chi connectivity index (χ1n) is 10.8. The number of carbonyl (C=O) groups excluding carboxylic acids is 3. The molecule has 2 heterocycles. The van der Waals surface area contributed by atoms with Gasteiger partial charge in [-0.1, -0.05) is 12.8 Å². The molecule has 0 saturated carbocycles. The molecule has 1 aliphatic rings. The molecule has 0 bridgehead atoms. The average molecular weight is 469 g/mol. The van der Waals surface area contributed by atoms with Gasteiger partial charge >= 0.3 is 11.9 Å². The van der Waals surface area contributed by atoms with Gasteiger partial charge in [-0.15, -0.1) is 0 Å². The highest BCUT2D eigenvalue weighted by Gasteiger charge is 2.30. The minimum absolute atomic E-state index is 0.0223. The summed E-state index contributed by atoms with van der Waals surface area (Å²) >= 11 is 0. The number of carbonyl (C=O) groups is 3. The third kappa shape index (κ3) is 7.86. The number of amides is 1. The molecular formula is C22H32N2O9. The third-order valence-electron chi connectivity index (χ3n) is 5.10. The van der Waals surface area contributed by atoms with Crippen LogP contribution in [0.3, 0.4) is 0 Å². The minimum atomic E-state index is -0.861. The van der Waals surface area contributed by atoms with Crippen LogP contribution in [0.15, 0.2) is 12.3 Å². The molecule has 184 valence electrons.